The van der Waals surface area contributed by atoms with E-state index < -0.39 is 0 Å². The summed E-state index contributed by atoms with van der Waals surface area (Å²) in [4.78, 5) is 23.8. The molecule has 0 amide bonds. The molecule has 128 valence electrons. The Morgan fingerprint density at radius 2 is 1.84 bits per heavy atom. The average Bonchev–Trinajstić information content (AvgIpc) is 3.03. The van der Waals surface area contributed by atoms with Crippen molar-refractivity contribution >= 4 is 22.8 Å². The maximum absolute atomic E-state index is 12.1. The van der Waals surface area contributed by atoms with E-state index in [2.05, 4.69) is 0 Å². The molecular formula is C20H19NO4. The van der Waals surface area contributed by atoms with Crippen molar-refractivity contribution < 1.29 is 19.1 Å². The van der Waals surface area contributed by atoms with Crippen LogP contribution in [0.2, 0.25) is 0 Å². The molecule has 0 spiro atoms. The second-order valence-corrected chi connectivity index (χ2v) is 5.59. The van der Waals surface area contributed by atoms with Crippen molar-refractivity contribution in [1.82, 2.24) is 4.57 Å². The number of fused-ring (bicyclic) bond motifs is 1. The summed E-state index contributed by atoms with van der Waals surface area (Å²) in [6, 6.07) is 14.8. The van der Waals surface area contributed by atoms with Crippen molar-refractivity contribution in [2.75, 3.05) is 13.7 Å². The number of ether oxygens (including phenoxy) is 2. The monoisotopic (exact) mass is 337 g/mol. The van der Waals surface area contributed by atoms with Crippen molar-refractivity contribution in [3.8, 4) is 0 Å². The molecule has 1 aromatic heterocycles. The molecule has 0 fully saturated rings. The van der Waals surface area contributed by atoms with Gasteiger partial charge in [-0.05, 0) is 42.8 Å². The first kappa shape index (κ1) is 16.8. The lowest BCUT2D eigenvalue weighted by molar-refractivity contribution is 0.0524. The highest BCUT2D eigenvalue weighted by Gasteiger charge is 2.13. The summed E-state index contributed by atoms with van der Waals surface area (Å²) in [5.41, 5.74) is 2.94. The smallest absolute Gasteiger partial charge is 0.338 e. The van der Waals surface area contributed by atoms with Crippen molar-refractivity contribution in [3.63, 3.8) is 0 Å². The summed E-state index contributed by atoms with van der Waals surface area (Å²) in [7, 11) is 1.37. The van der Waals surface area contributed by atoms with Gasteiger partial charge < -0.3 is 14.0 Å². The first-order valence-electron chi connectivity index (χ1n) is 8.06. The predicted molar refractivity (Wildman–Crippen MR) is 94.8 cm³/mol. The summed E-state index contributed by atoms with van der Waals surface area (Å²) in [6.07, 6.45) is 1.94. The molecule has 5 heteroatoms. The van der Waals surface area contributed by atoms with Crippen molar-refractivity contribution in [1.29, 1.82) is 0 Å². The van der Waals surface area contributed by atoms with E-state index in [-0.39, 0.29) is 11.9 Å². The third kappa shape index (κ3) is 3.40. The van der Waals surface area contributed by atoms with Gasteiger partial charge in [0.25, 0.3) is 0 Å². The lowest BCUT2D eigenvalue weighted by Crippen LogP contribution is -2.10. The number of aromatic nitrogens is 1. The molecule has 3 aromatic rings. The van der Waals surface area contributed by atoms with Crippen LogP contribution in [0.4, 0.5) is 0 Å². The molecule has 0 atom stereocenters. The van der Waals surface area contributed by atoms with Crippen LogP contribution in [-0.2, 0) is 16.0 Å². The zero-order valence-electron chi connectivity index (χ0n) is 14.2. The standard InChI is InChI=1S/C20H19NO4/c1-3-25-20(23)17-7-5-4-6-16(17)13-21-11-10-14-12-15(19(22)24-2)8-9-18(14)21/h4-12H,3,13H2,1-2H3. The Labute approximate surface area is 145 Å². The lowest BCUT2D eigenvalue weighted by atomic mass is 10.1. The van der Waals surface area contributed by atoms with Gasteiger partial charge in [0.1, 0.15) is 0 Å². The number of nitrogens with zero attached hydrogens (tertiary/aromatic N) is 1. The van der Waals surface area contributed by atoms with E-state index in [4.69, 9.17) is 9.47 Å². The molecule has 0 saturated carbocycles. The largest absolute Gasteiger partial charge is 0.465 e. The Hall–Kier alpha value is -3.08. The van der Waals surface area contributed by atoms with Gasteiger partial charge >= 0.3 is 11.9 Å². The maximum atomic E-state index is 12.1. The van der Waals surface area contributed by atoms with Gasteiger partial charge in [0.05, 0.1) is 24.8 Å². The zero-order chi connectivity index (χ0) is 17.8. The maximum Gasteiger partial charge on any atom is 0.338 e. The van der Waals surface area contributed by atoms with Crippen LogP contribution >= 0.6 is 0 Å². The molecule has 0 radical (unpaired) electrons. The quantitative estimate of drug-likeness (QED) is 0.667. The molecule has 0 aliphatic rings. The molecule has 0 N–H and O–H groups in total. The Morgan fingerprint density at radius 1 is 1.04 bits per heavy atom. The minimum Gasteiger partial charge on any atom is -0.465 e. The number of carbonyl (C=O) groups excluding carboxylic acids is 2. The fourth-order valence-corrected chi connectivity index (χ4v) is 2.83. The molecule has 0 bridgehead atoms. The van der Waals surface area contributed by atoms with Gasteiger partial charge in [-0.2, -0.15) is 0 Å². The lowest BCUT2D eigenvalue weighted by Gasteiger charge is -2.11. The first-order valence-corrected chi connectivity index (χ1v) is 8.06. The Bertz CT molecular complexity index is 926. The normalized spacial score (nSPS) is 10.6. The van der Waals surface area contributed by atoms with Crippen LogP contribution < -0.4 is 0 Å². The molecule has 2 aromatic carbocycles. The number of methoxy groups -OCH3 is 1. The van der Waals surface area contributed by atoms with E-state index in [1.54, 1.807) is 25.1 Å². The third-order valence-corrected chi connectivity index (χ3v) is 4.05. The average molecular weight is 337 g/mol. The Kier molecular flexibility index (Phi) is 4.84. The summed E-state index contributed by atoms with van der Waals surface area (Å²) in [5.74, 6) is -0.676. The van der Waals surface area contributed by atoms with Crippen LogP contribution in [-0.4, -0.2) is 30.2 Å². The minimum absolute atomic E-state index is 0.317. The molecule has 0 aliphatic carbocycles. The first-order chi connectivity index (χ1) is 12.1. The van der Waals surface area contributed by atoms with Gasteiger partial charge in [-0.3, -0.25) is 0 Å². The topological polar surface area (TPSA) is 57.5 Å². The number of hydrogen-bond acceptors (Lipinski definition) is 4. The highest BCUT2D eigenvalue weighted by molar-refractivity contribution is 5.95. The van der Waals surface area contributed by atoms with Crippen molar-refractivity contribution in [2.45, 2.75) is 13.5 Å². The molecule has 0 aliphatic heterocycles. The third-order valence-electron chi connectivity index (χ3n) is 4.05. The zero-order valence-corrected chi connectivity index (χ0v) is 14.2. The molecule has 1 heterocycles. The van der Waals surface area contributed by atoms with Crippen LogP contribution in [0.1, 0.15) is 33.2 Å². The van der Waals surface area contributed by atoms with E-state index in [1.807, 2.05) is 41.1 Å². The number of carbonyl (C=O) groups is 2. The molecule has 3 rings (SSSR count). The van der Waals surface area contributed by atoms with Crippen LogP contribution in [0.15, 0.2) is 54.7 Å². The molecule has 5 nitrogen and oxygen atoms in total. The van der Waals surface area contributed by atoms with E-state index in [9.17, 15) is 9.59 Å². The van der Waals surface area contributed by atoms with E-state index >= 15 is 0 Å². The second kappa shape index (κ2) is 7.21. The van der Waals surface area contributed by atoms with Gasteiger partial charge in [-0.15, -0.1) is 0 Å². The van der Waals surface area contributed by atoms with Gasteiger partial charge in [0.15, 0.2) is 0 Å². The summed E-state index contributed by atoms with van der Waals surface area (Å²) < 4.78 is 11.9. The minimum atomic E-state index is -0.359. The SMILES string of the molecule is CCOC(=O)c1ccccc1Cn1ccc2cc(C(=O)OC)ccc21. The molecule has 25 heavy (non-hydrogen) atoms. The Morgan fingerprint density at radius 3 is 2.60 bits per heavy atom. The van der Waals surface area contributed by atoms with Crippen LogP contribution in [0, 0.1) is 0 Å². The molecule has 0 saturated heterocycles. The number of benzene rings is 2. The number of esters is 2. The van der Waals surface area contributed by atoms with Crippen molar-refractivity contribution in [2.24, 2.45) is 0 Å². The highest BCUT2D eigenvalue weighted by atomic mass is 16.5. The molecule has 0 unspecified atom stereocenters. The summed E-state index contributed by atoms with van der Waals surface area (Å²) >= 11 is 0. The van der Waals surface area contributed by atoms with E-state index in [1.165, 1.54) is 7.11 Å². The highest BCUT2D eigenvalue weighted by Crippen LogP contribution is 2.21. The second-order valence-electron chi connectivity index (χ2n) is 5.59. The van der Waals surface area contributed by atoms with E-state index in [0.29, 0.717) is 24.3 Å². The van der Waals surface area contributed by atoms with Gasteiger partial charge in [-0.1, -0.05) is 18.2 Å². The van der Waals surface area contributed by atoms with Gasteiger partial charge in [-0.25, -0.2) is 9.59 Å². The fraction of sp³-hybridized carbons (Fsp3) is 0.200. The number of hydrogen-bond donors (Lipinski definition) is 0. The van der Waals surface area contributed by atoms with Crippen molar-refractivity contribution in [3.05, 3.63) is 71.4 Å². The van der Waals surface area contributed by atoms with Gasteiger partial charge in [0, 0.05) is 23.6 Å². The number of rotatable bonds is 5. The molecular weight excluding hydrogens is 318 g/mol. The van der Waals surface area contributed by atoms with Crippen LogP contribution in [0.3, 0.4) is 0 Å². The fourth-order valence-electron chi connectivity index (χ4n) is 2.83. The van der Waals surface area contributed by atoms with Crippen LogP contribution in [0.25, 0.3) is 10.9 Å². The summed E-state index contributed by atoms with van der Waals surface area (Å²) in [6.45, 7) is 2.67. The summed E-state index contributed by atoms with van der Waals surface area (Å²) in [5, 5.41) is 0.941. The van der Waals surface area contributed by atoms with Crippen LogP contribution in [0.5, 0.6) is 0 Å². The predicted octanol–water partition coefficient (Wildman–Crippen LogP) is 3.65. The Balaban J connectivity index is 1.94. The van der Waals surface area contributed by atoms with Gasteiger partial charge in [0.2, 0.25) is 0 Å². The van der Waals surface area contributed by atoms with E-state index in [0.717, 1.165) is 16.5 Å².